The number of imide groups is 1. The first kappa shape index (κ1) is 13.1. The Hall–Kier alpha value is -0.380. The van der Waals surface area contributed by atoms with Crippen molar-refractivity contribution in [2.24, 2.45) is 10.8 Å². The van der Waals surface area contributed by atoms with Gasteiger partial charge in [0.25, 0.3) is 0 Å². The van der Waals surface area contributed by atoms with E-state index in [1.165, 1.54) is 17.7 Å². The zero-order chi connectivity index (χ0) is 12.7. The zero-order valence-corrected chi connectivity index (χ0v) is 12.2. The van der Waals surface area contributed by atoms with E-state index in [4.69, 9.17) is 0 Å². The monoisotopic (exact) mass is 301 g/mol. The number of carbonyl (C=O) groups excluding carboxylic acids is 2. The van der Waals surface area contributed by atoms with Crippen molar-refractivity contribution in [1.29, 1.82) is 0 Å². The van der Waals surface area contributed by atoms with E-state index in [0.29, 0.717) is 13.0 Å². The lowest BCUT2D eigenvalue weighted by atomic mass is 9.88. The molecule has 0 bridgehead atoms. The van der Waals surface area contributed by atoms with Crippen LogP contribution in [0.3, 0.4) is 0 Å². The highest BCUT2D eigenvalue weighted by Gasteiger charge is 2.48. The second kappa shape index (κ2) is 4.38. The maximum atomic E-state index is 12.2. The van der Waals surface area contributed by atoms with Crippen molar-refractivity contribution in [2.75, 3.05) is 11.9 Å². The number of amides is 2. The third kappa shape index (κ3) is 2.28. The Bertz CT molecular complexity index is 345. The average molecular weight is 302 g/mol. The Morgan fingerprint density at radius 2 is 1.82 bits per heavy atom. The largest absolute Gasteiger partial charge is 0.282 e. The van der Waals surface area contributed by atoms with Crippen molar-refractivity contribution < 1.29 is 9.59 Å². The van der Waals surface area contributed by atoms with Gasteiger partial charge in [0, 0.05) is 18.3 Å². The van der Waals surface area contributed by atoms with Crippen LogP contribution in [0.15, 0.2) is 0 Å². The highest BCUT2D eigenvalue weighted by Crippen LogP contribution is 2.42. The minimum absolute atomic E-state index is 0.00669. The highest BCUT2D eigenvalue weighted by atomic mass is 79.9. The summed E-state index contributed by atoms with van der Waals surface area (Å²) >= 11 is 3.56. The van der Waals surface area contributed by atoms with Crippen LogP contribution < -0.4 is 0 Å². The van der Waals surface area contributed by atoms with E-state index in [1.54, 1.807) is 0 Å². The van der Waals surface area contributed by atoms with Crippen LogP contribution >= 0.6 is 15.9 Å². The number of rotatable bonds is 3. The molecule has 4 heteroatoms. The molecule has 2 aliphatic rings. The molecule has 96 valence electrons. The molecule has 0 N–H and O–H groups in total. The summed E-state index contributed by atoms with van der Waals surface area (Å²) in [7, 11) is 0. The molecule has 1 saturated carbocycles. The topological polar surface area (TPSA) is 37.4 Å². The Morgan fingerprint density at radius 3 is 2.24 bits per heavy atom. The second-order valence-corrected chi connectivity index (χ2v) is 6.75. The molecule has 0 atom stereocenters. The molecule has 2 fully saturated rings. The second-order valence-electron chi connectivity index (χ2n) is 6.19. The van der Waals surface area contributed by atoms with Gasteiger partial charge in [-0.2, -0.15) is 0 Å². The highest BCUT2D eigenvalue weighted by molar-refractivity contribution is 9.09. The van der Waals surface area contributed by atoms with Crippen LogP contribution in [0, 0.1) is 10.8 Å². The van der Waals surface area contributed by atoms with Crippen molar-refractivity contribution in [3.05, 3.63) is 0 Å². The predicted molar refractivity (Wildman–Crippen MR) is 69.8 cm³/mol. The van der Waals surface area contributed by atoms with Crippen molar-refractivity contribution in [3.63, 3.8) is 0 Å². The van der Waals surface area contributed by atoms with E-state index in [2.05, 4.69) is 15.9 Å². The molecule has 0 unspecified atom stereocenters. The van der Waals surface area contributed by atoms with Crippen molar-refractivity contribution in [2.45, 2.75) is 46.0 Å². The maximum Gasteiger partial charge on any atom is 0.235 e. The number of likely N-dealkylation sites (tertiary alicyclic amines) is 1. The predicted octanol–water partition coefficient (Wildman–Crippen LogP) is 2.73. The van der Waals surface area contributed by atoms with Crippen LogP contribution in [-0.4, -0.2) is 28.6 Å². The average Bonchev–Trinajstić information content (AvgIpc) is 2.79. The van der Waals surface area contributed by atoms with Crippen molar-refractivity contribution in [1.82, 2.24) is 4.90 Å². The van der Waals surface area contributed by atoms with Gasteiger partial charge in [0.05, 0.1) is 5.41 Å². The number of carbonyl (C=O) groups is 2. The minimum atomic E-state index is -0.497. The summed E-state index contributed by atoms with van der Waals surface area (Å²) in [4.78, 5) is 25.6. The Morgan fingerprint density at radius 1 is 1.24 bits per heavy atom. The molecule has 2 amide bonds. The van der Waals surface area contributed by atoms with Crippen LogP contribution in [0.2, 0.25) is 0 Å². The quantitative estimate of drug-likeness (QED) is 0.594. The maximum absolute atomic E-state index is 12.2. The Balaban J connectivity index is 2.13. The van der Waals surface area contributed by atoms with Gasteiger partial charge in [0.2, 0.25) is 11.8 Å². The molecule has 0 spiro atoms. The van der Waals surface area contributed by atoms with Crippen molar-refractivity contribution >= 4 is 27.7 Å². The van der Waals surface area contributed by atoms with E-state index in [-0.39, 0.29) is 17.2 Å². The van der Waals surface area contributed by atoms with Crippen LogP contribution in [0.4, 0.5) is 0 Å². The van der Waals surface area contributed by atoms with Crippen LogP contribution in [0.1, 0.15) is 46.0 Å². The lowest BCUT2D eigenvalue weighted by Crippen LogP contribution is -2.42. The molecule has 1 aliphatic heterocycles. The molecular weight excluding hydrogens is 282 g/mol. The number of halogens is 1. The van der Waals surface area contributed by atoms with Gasteiger partial charge in [0.15, 0.2) is 0 Å². The van der Waals surface area contributed by atoms with Crippen LogP contribution in [0.5, 0.6) is 0 Å². The third-order valence-corrected chi connectivity index (χ3v) is 5.35. The van der Waals surface area contributed by atoms with Gasteiger partial charge < -0.3 is 0 Å². The summed E-state index contributed by atoms with van der Waals surface area (Å²) in [5.74, 6) is 0.0157. The summed E-state index contributed by atoms with van der Waals surface area (Å²) in [5, 5.41) is 0.886. The van der Waals surface area contributed by atoms with Crippen LogP contribution in [-0.2, 0) is 9.59 Å². The van der Waals surface area contributed by atoms with E-state index >= 15 is 0 Å². The smallest absolute Gasteiger partial charge is 0.235 e. The van der Waals surface area contributed by atoms with Crippen LogP contribution in [0.25, 0.3) is 0 Å². The van der Waals surface area contributed by atoms with Gasteiger partial charge >= 0.3 is 0 Å². The number of hydrogen-bond acceptors (Lipinski definition) is 2. The molecule has 0 aromatic heterocycles. The molecule has 2 rings (SSSR count). The van der Waals surface area contributed by atoms with E-state index in [1.807, 2.05) is 13.8 Å². The van der Waals surface area contributed by atoms with Crippen molar-refractivity contribution in [3.8, 4) is 0 Å². The normalized spacial score (nSPS) is 26.9. The van der Waals surface area contributed by atoms with Gasteiger partial charge in [-0.3, -0.25) is 14.5 Å². The minimum Gasteiger partial charge on any atom is -0.282 e. The standard InChI is InChI=1S/C13H20BrNO2/c1-12(2)7-10(16)15(11(12)17)9-13(8-14)5-3-4-6-13/h3-9H2,1-2H3. The summed E-state index contributed by atoms with van der Waals surface area (Å²) in [6, 6.07) is 0. The fraction of sp³-hybridized carbons (Fsp3) is 0.846. The number of alkyl halides is 1. The number of hydrogen-bond donors (Lipinski definition) is 0. The first-order chi connectivity index (χ1) is 7.90. The molecule has 1 heterocycles. The van der Waals surface area contributed by atoms with Gasteiger partial charge in [-0.15, -0.1) is 0 Å². The molecule has 3 nitrogen and oxygen atoms in total. The van der Waals surface area contributed by atoms with Gasteiger partial charge in [-0.1, -0.05) is 42.6 Å². The van der Waals surface area contributed by atoms with Gasteiger partial charge in [0.1, 0.15) is 0 Å². The SMILES string of the molecule is CC1(C)CC(=O)N(CC2(CBr)CCCC2)C1=O. The summed E-state index contributed by atoms with van der Waals surface area (Å²) < 4.78 is 0. The first-order valence-electron chi connectivity index (χ1n) is 6.31. The Kier molecular flexibility index (Phi) is 3.36. The summed E-state index contributed by atoms with van der Waals surface area (Å²) in [6.45, 7) is 4.34. The number of nitrogens with zero attached hydrogens (tertiary/aromatic N) is 1. The lowest BCUT2D eigenvalue weighted by molar-refractivity contribution is -0.142. The van der Waals surface area contributed by atoms with E-state index in [0.717, 1.165) is 18.2 Å². The Labute approximate surface area is 111 Å². The zero-order valence-electron chi connectivity index (χ0n) is 10.6. The molecule has 17 heavy (non-hydrogen) atoms. The van der Waals surface area contributed by atoms with Gasteiger partial charge in [-0.05, 0) is 18.3 Å². The molecular formula is C13H20BrNO2. The van der Waals surface area contributed by atoms with E-state index in [9.17, 15) is 9.59 Å². The summed E-state index contributed by atoms with van der Waals surface area (Å²) in [6.07, 6.45) is 5.03. The van der Waals surface area contributed by atoms with Gasteiger partial charge in [-0.25, -0.2) is 0 Å². The lowest BCUT2D eigenvalue weighted by Gasteiger charge is -2.31. The fourth-order valence-electron chi connectivity index (χ4n) is 2.98. The summed E-state index contributed by atoms with van der Waals surface area (Å²) in [5.41, 5.74) is -0.366. The molecule has 0 aromatic rings. The molecule has 0 radical (unpaired) electrons. The third-order valence-electron chi connectivity index (χ3n) is 4.16. The molecule has 1 aliphatic carbocycles. The fourth-order valence-corrected chi connectivity index (χ4v) is 3.72. The van der Waals surface area contributed by atoms with E-state index < -0.39 is 5.41 Å². The molecule has 1 saturated heterocycles. The molecule has 0 aromatic carbocycles. The first-order valence-corrected chi connectivity index (χ1v) is 7.43.